The minimum atomic E-state index is -0.00774. The van der Waals surface area contributed by atoms with Crippen LogP contribution in [0.3, 0.4) is 0 Å². The monoisotopic (exact) mass is 223 g/mol. The van der Waals surface area contributed by atoms with Crippen LogP contribution in [0.1, 0.15) is 19.8 Å². The van der Waals surface area contributed by atoms with Gasteiger partial charge in [-0.2, -0.15) is 0 Å². The van der Waals surface area contributed by atoms with E-state index in [2.05, 4.69) is 15.7 Å². The first-order chi connectivity index (χ1) is 6.16. The van der Waals surface area contributed by atoms with Gasteiger partial charge in [0.15, 0.2) is 0 Å². The number of hydrogen-bond acceptors (Lipinski definition) is 3. The second-order valence-electron chi connectivity index (χ2n) is 2.60. The highest BCUT2D eigenvalue weighted by Gasteiger charge is 1.90. The minimum Gasteiger partial charge on any atom is -0.369 e. The van der Waals surface area contributed by atoms with Gasteiger partial charge in [0.05, 0.1) is 0 Å². The van der Waals surface area contributed by atoms with E-state index >= 15 is 0 Å². The lowest BCUT2D eigenvalue weighted by molar-refractivity contribution is -0.118. The molecule has 0 atom stereocenters. The Kier molecular flexibility index (Phi) is 11.1. The Bertz CT molecular complexity index is 185. The summed E-state index contributed by atoms with van der Waals surface area (Å²) in [7, 11) is 0. The first-order valence-corrected chi connectivity index (χ1v) is 4.17. The lowest BCUT2D eigenvalue weighted by atomic mass is 10.3. The van der Waals surface area contributed by atoms with Gasteiger partial charge in [-0.1, -0.05) is 0 Å². The van der Waals surface area contributed by atoms with Gasteiger partial charge < -0.3 is 11.1 Å². The summed E-state index contributed by atoms with van der Waals surface area (Å²) < 4.78 is 0. The largest absolute Gasteiger partial charge is 0.369 e. The smallest absolute Gasteiger partial charge is 0.216 e. The molecule has 0 heterocycles. The Balaban J connectivity index is 0. The minimum absolute atomic E-state index is 0. The van der Waals surface area contributed by atoms with Crippen molar-refractivity contribution in [1.82, 2.24) is 10.7 Å². The van der Waals surface area contributed by atoms with E-state index in [0.717, 1.165) is 12.8 Å². The first-order valence-electron chi connectivity index (χ1n) is 4.17. The van der Waals surface area contributed by atoms with E-state index in [-0.39, 0.29) is 24.3 Å². The fourth-order valence-electron chi connectivity index (χ4n) is 0.746. The maximum atomic E-state index is 10.4. The standard InChI is InChI=1S/C7H17N5O.ClH/c1-6(13)10-4-2-3-5-11-7(8)12-9;/h2-5,9H2,1H3,(H,10,13)(H3,8,11,12);1H. The van der Waals surface area contributed by atoms with Crippen molar-refractivity contribution in [2.75, 3.05) is 13.1 Å². The summed E-state index contributed by atoms with van der Waals surface area (Å²) in [5.41, 5.74) is 7.51. The molecule has 0 aromatic carbocycles. The molecule has 0 fully saturated rings. The van der Waals surface area contributed by atoms with Crippen LogP contribution in [0.4, 0.5) is 0 Å². The van der Waals surface area contributed by atoms with Crippen molar-refractivity contribution in [2.45, 2.75) is 19.8 Å². The maximum absolute atomic E-state index is 10.4. The predicted molar refractivity (Wildman–Crippen MR) is 59.0 cm³/mol. The van der Waals surface area contributed by atoms with Crippen molar-refractivity contribution in [3.05, 3.63) is 0 Å². The number of carbonyl (C=O) groups excluding carboxylic acids is 1. The molecule has 0 spiro atoms. The van der Waals surface area contributed by atoms with Crippen LogP contribution in [-0.2, 0) is 4.79 Å². The molecule has 84 valence electrons. The van der Waals surface area contributed by atoms with Gasteiger partial charge in [0, 0.05) is 20.0 Å². The zero-order chi connectivity index (χ0) is 10.1. The Morgan fingerprint density at radius 1 is 1.43 bits per heavy atom. The molecule has 0 aromatic heterocycles. The predicted octanol–water partition coefficient (Wildman–Crippen LogP) is -0.897. The van der Waals surface area contributed by atoms with Gasteiger partial charge in [-0.05, 0) is 12.8 Å². The highest BCUT2D eigenvalue weighted by atomic mass is 35.5. The van der Waals surface area contributed by atoms with Crippen molar-refractivity contribution in [2.24, 2.45) is 16.6 Å². The zero-order valence-electron chi connectivity index (χ0n) is 8.25. The van der Waals surface area contributed by atoms with Gasteiger partial charge in [0.2, 0.25) is 11.9 Å². The number of nitrogens with two attached hydrogens (primary N) is 2. The quantitative estimate of drug-likeness (QED) is 0.159. The fraction of sp³-hybridized carbons (Fsp3) is 0.714. The molecule has 0 rings (SSSR count). The van der Waals surface area contributed by atoms with E-state index < -0.39 is 0 Å². The van der Waals surface area contributed by atoms with Gasteiger partial charge in [-0.3, -0.25) is 15.2 Å². The molecule has 0 radical (unpaired) electrons. The number of aliphatic imine (C=N–C) groups is 1. The lowest BCUT2D eigenvalue weighted by Crippen LogP contribution is -2.37. The molecule has 0 unspecified atom stereocenters. The third kappa shape index (κ3) is 11.0. The van der Waals surface area contributed by atoms with E-state index in [1.54, 1.807) is 0 Å². The van der Waals surface area contributed by atoms with E-state index in [0.29, 0.717) is 13.1 Å². The van der Waals surface area contributed by atoms with Crippen molar-refractivity contribution in [1.29, 1.82) is 0 Å². The average Bonchev–Trinajstić information content (AvgIpc) is 2.10. The SMILES string of the molecule is CC(=O)NCCCCN=C(N)NN.Cl. The third-order valence-electron chi connectivity index (χ3n) is 1.39. The van der Waals surface area contributed by atoms with Crippen LogP contribution in [0.2, 0.25) is 0 Å². The van der Waals surface area contributed by atoms with E-state index in [9.17, 15) is 4.79 Å². The van der Waals surface area contributed by atoms with Gasteiger partial charge in [-0.15, -0.1) is 12.4 Å². The topological polar surface area (TPSA) is 106 Å². The van der Waals surface area contributed by atoms with Crippen molar-refractivity contribution in [3.8, 4) is 0 Å². The molecular formula is C7H18ClN5O. The normalized spacial score (nSPS) is 10.3. The Morgan fingerprint density at radius 3 is 2.57 bits per heavy atom. The number of nitrogens with one attached hydrogen (secondary N) is 2. The summed E-state index contributed by atoms with van der Waals surface area (Å²) in [6, 6.07) is 0. The van der Waals surface area contributed by atoms with E-state index in [4.69, 9.17) is 11.6 Å². The summed E-state index contributed by atoms with van der Waals surface area (Å²) in [6.45, 7) is 2.80. The number of unbranched alkanes of at least 4 members (excludes halogenated alkanes) is 1. The van der Waals surface area contributed by atoms with E-state index in [1.165, 1.54) is 6.92 Å². The van der Waals surface area contributed by atoms with Crippen LogP contribution in [0.25, 0.3) is 0 Å². The van der Waals surface area contributed by atoms with Gasteiger partial charge in [0.25, 0.3) is 0 Å². The van der Waals surface area contributed by atoms with Gasteiger partial charge in [-0.25, -0.2) is 5.84 Å². The maximum Gasteiger partial charge on any atom is 0.216 e. The van der Waals surface area contributed by atoms with Crippen LogP contribution in [0.5, 0.6) is 0 Å². The number of halogens is 1. The number of rotatable bonds is 5. The van der Waals surface area contributed by atoms with Crippen molar-refractivity contribution < 1.29 is 4.79 Å². The summed E-state index contributed by atoms with van der Waals surface area (Å²) in [4.78, 5) is 14.4. The van der Waals surface area contributed by atoms with Crippen LogP contribution >= 0.6 is 12.4 Å². The Labute approximate surface area is 89.9 Å². The molecule has 0 bridgehead atoms. The number of amides is 1. The number of guanidine groups is 1. The lowest BCUT2D eigenvalue weighted by Gasteiger charge is -2.00. The Hall–Kier alpha value is -1.01. The average molecular weight is 224 g/mol. The van der Waals surface area contributed by atoms with E-state index in [1.807, 2.05) is 0 Å². The highest BCUT2D eigenvalue weighted by Crippen LogP contribution is 1.87. The highest BCUT2D eigenvalue weighted by molar-refractivity contribution is 5.85. The van der Waals surface area contributed by atoms with Crippen LogP contribution in [0, 0.1) is 0 Å². The van der Waals surface area contributed by atoms with Gasteiger partial charge >= 0.3 is 0 Å². The summed E-state index contributed by atoms with van der Waals surface area (Å²) in [6.07, 6.45) is 1.77. The zero-order valence-corrected chi connectivity index (χ0v) is 9.06. The molecule has 14 heavy (non-hydrogen) atoms. The van der Waals surface area contributed by atoms with Crippen LogP contribution < -0.4 is 22.3 Å². The van der Waals surface area contributed by atoms with Crippen LogP contribution in [-0.4, -0.2) is 25.0 Å². The molecule has 1 amide bonds. The second-order valence-corrected chi connectivity index (χ2v) is 2.60. The number of nitrogens with zero attached hydrogens (tertiary/aromatic N) is 1. The fourth-order valence-corrected chi connectivity index (χ4v) is 0.746. The van der Waals surface area contributed by atoms with Crippen LogP contribution in [0.15, 0.2) is 4.99 Å². The molecular weight excluding hydrogens is 206 g/mol. The van der Waals surface area contributed by atoms with Gasteiger partial charge in [0.1, 0.15) is 0 Å². The number of carbonyl (C=O) groups is 1. The van der Waals surface area contributed by atoms with Crippen molar-refractivity contribution >= 4 is 24.3 Å². The molecule has 0 aliphatic carbocycles. The Morgan fingerprint density at radius 2 is 2.07 bits per heavy atom. The molecule has 7 heteroatoms. The molecule has 6 nitrogen and oxygen atoms in total. The second kappa shape index (κ2) is 10.1. The van der Waals surface area contributed by atoms with Crippen molar-refractivity contribution in [3.63, 3.8) is 0 Å². The number of hydrogen-bond donors (Lipinski definition) is 4. The molecule has 0 aliphatic rings. The number of hydrazine groups is 1. The first kappa shape index (κ1) is 15.5. The summed E-state index contributed by atoms with van der Waals surface area (Å²) in [5, 5.41) is 2.69. The molecule has 0 aliphatic heterocycles. The summed E-state index contributed by atoms with van der Waals surface area (Å²) >= 11 is 0. The summed E-state index contributed by atoms with van der Waals surface area (Å²) in [5.74, 6) is 5.22. The third-order valence-corrected chi connectivity index (χ3v) is 1.39. The molecule has 0 saturated carbocycles. The molecule has 0 aromatic rings. The molecule has 6 N–H and O–H groups in total. The molecule has 0 saturated heterocycles.